The van der Waals surface area contributed by atoms with Crippen LogP contribution in [0.3, 0.4) is 0 Å². The Morgan fingerprint density at radius 2 is 1.83 bits per heavy atom. The molecule has 0 saturated heterocycles. The monoisotopic (exact) mass is 390 g/mol. The van der Waals surface area contributed by atoms with Crippen LogP contribution >= 0.6 is 0 Å². The average Bonchev–Trinajstić information content (AvgIpc) is 2.73. The number of hydrogen-bond donors (Lipinski definition) is 1. The molecular weight excluding hydrogens is 360 g/mol. The lowest BCUT2D eigenvalue weighted by Crippen LogP contribution is -2.36. The first-order valence-electron chi connectivity index (χ1n) is 10.4. The number of fused-ring (bicyclic) bond motifs is 1. The van der Waals surface area contributed by atoms with Crippen LogP contribution in [0.15, 0.2) is 53.5 Å². The van der Waals surface area contributed by atoms with E-state index >= 15 is 0 Å². The largest absolute Gasteiger partial charge is 0.343 e. The van der Waals surface area contributed by atoms with E-state index in [1.165, 1.54) is 5.56 Å². The van der Waals surface area contributed by atoms with Gasteiger partial charge >= 0.3 is 0 Å². The molecule has 152 valence electrons. The number of H-pyrrole nitrogens is 1. The second kappa shape index (κ2) is 9.08. The molecule has 3 rings (SSSR count). The topological polar surface area (TPSA) is 53.2 Å². The van der Waals surface area contributed by atoms with Gasteiger partial charge in [0.1, 0.15) is 0 Å². The van der Waals surface area contributed by atoms with Crippen LogP contribution in [-0.4, -0.2) is 28.9 Å². The van der Waals surface area contributed by atoms with Gasteiger partial charge in [-0.2, -0.15) is 0 Å². The molecule has 1 aromatic heterocycles. The summed E-state index contributed by atoms with van der Waals surface area (Å²) in [5.74, 6) is 0.0644. The van der Waals surface area contributed by atoms with E-state index in [0.29, 0.717) is 11.8 Å². The molecule has 4 nitrogen and oxygen atoms in total. The molecule has 0 fully saturated rings. The molecule has 0 aliphatic carbocycles. The Morgan fingerprint density at radius 3 is 2.52 bits per heavy atom. The Labute approximate surface area is 172 Å². The Balaban J connectivity index is 1.95. The molecule has 1 atom stereocenters. The fourth-order valence-electron chi connectivity index (χ4n) is 3.98. The second-order valence-corrected chi connectivity index (χ2v) is 7.75. The summed E-state index contributed by atoms with van der Waals surface area (Å²) < 4.78 is 0. The zero-order valence-corrected chi connectivity index (χ0v) is 17.8. The van der Waals surface area contributed by atoms with Crippen LogP contribution in [0.2, 0.25) is 0 Å². The summed E-state index contributed by atoms with van der Waals surface area (Å²) in [6.45, 7) is 9.67. The van der Waals surface area contributed by atoms with E-state index in [1.807, 2.05) is 49.1 Å². The number of carbonyl (C=O) groups excluding carboxylic acids is 1. The molecule has 0 bridgehead atoms. The summed E-state index contributed by atoms with van der Waals surface area (Å²) in [4.78, 5) is 30.1. The van der Waals surface area contributed by atoms with Crippen molar-refractivity contribution in [1.82, 2.24) is 9.88 Å². The summed E-state index contributed by atoms with van der Waals surface area (Å²) in [5, 5.41) is 1.61. The summed E-state index contributed by atoms with van der Waals surface area (Å²) in [5.41, 5.74) is 4.22. The molecule has 1 unspecified atom stereocenters. The van der Waals surface area contributed by atoms with Gasteiger partial charge in [-0.25, -0.2) is 0 Å². The van der Waals surface area contributed by atoms with Crippen molar-refractivity contribution < 1.29 is 4.79 Å². The highest BCUT2D eigenvalue weighted by Crippen LogP contribution is 2.29. The van der Waals surface area contributed by atoms with Crippen molar-refractivity contribution in [3.63, 3.8) is 0 Å². The van der Waals surface area contributed by atoms with Gasteiger partial charge < -0.3 is 9.88 Å². The van der Waals surface area contributed by atoms with Gasteiger partial charge in [0.2, 0.25) is 5.91 Å². The van der Waals surface area contributed by atoms with Crippen LogP contribution in [0.4, 0.5) is 0 Å². The minimum atomic E-state index is -0.113. The van der Waals surface area contributed by atoms with Gasteiger partial charge in [0.05, 0.1) is 0 Å². The molecule has 29 heavy (non-hydrogen) atoms. The van der Waals surface area contributed by atoms with Gasteiger partial charge in [0.15, 0.2) is 0 Å². The molecule has 0 spiro atoms. The third-order valence-electron chi connectivity index (χ3n) is 5.55. The SMILES string of the molecule is CCCN(CC)C(=O)C(C)Cc1ccc2c(-c3ccccc3C)c[nH]c(=O)c2c1. The highest BCUT2D eigenvalue weighted by Gasteiger charge is 2.19. The van der Waals surface area contributed by atoms with E-state index in [2.05, 4.69) is 31.0 Å². The van der Waals surface area contributed by atoms with Gasteiger partial charge in [0.25, 0.3) is 5.56 Å². The normalized spacial score (nSPS) is 12.1. The van der Waals surface area contributed by atoms with Crippen LogP contribution in [0, 0.1) is 12.8 Å². The number of rotatable bonds is 7. The molecule has 1 amide bonds. The van der Waals surface area contributed by atoms with Crippen LogP contribution in [-0.2, 0) is 11.2 Å². The van der Waals surface area contributed by atoms with E-state index < -0.39 is 0 Å². The maximum atomic E-state index is 12.7. The van der Waals surface area contributed by atoms with E-state index in [4.69, 9.17) is 0 Å². The van der Waals surface area contributed by atoms with Gasteiger partial charge in [-0.3, -0.25) is 9.59 Å². The fraction of sp³-hybridized carbons (Fsp3) is 0.360. The highest BCUT2D eigenvalue weighted by atomic mass is 16.2. The van der Waals surface area contributed by atoms with Crippen molar-refractivity contribution in [1.29, 1.82) is 0 Å². The number of aromatic amines is 1. The van der Waals surface area contributed by atoms with Crippen LogP contribution in [0.5, 0.6) is 0 Å². The van der Waals surface area contributed by atoms with Crippen molar-refractivity contribution in [2.75, 3.05) is 13.1 Å². The molecule has 4 heteroatoms. The van der Waals surface area contributed by atoms with E-state index in [9.17, 15) is 9.59 Å². The number of hydrogen-bond acceptors (Lipinski definition) is 2. The summed E-state index contributed by atoms with van der Waals surface area (Å²) in [6, 6.07) is 14.2. The first-order valence-corrected chi connectivity index (χ1v) is 10.4. The van der Waals surface area contributed by atoms with Crippen molar-refractivity contribution in [2.45, 2.75) is 40.5 Å². The highest BCUT2D eigenvalue weighted by molar-refractivity contribution is 5.96. The third kappa shape index (κ3) is 4.42. The Hall–Kier alpha value is -2.88. The van der Waals surface area contributed by atoms with Gasteiger partial charge in [-0.05, 0) is 54.8 Å². The summed E-state index contributed by atoms with van der Waals surface area (Å²) in [7, 11) is 0. The average molecular weight is 391 g/mol. The summed E-state index contributed by atoms with van der Waals surface area (Å²) >= 11 is 0. The predicted octanol–water partition coefficient (Wildman–Crippen LogP) is 4.94. The number of carbonyl (C=O) groups is 1. The van der Waals surface area contributed by atoms with Crippen molar-refractivity contribution in [3.05, 3.63) is 70.1 Å². The maximum Gasteiger partial charge on any atom is 0.255 e. The minimum Gasteiger partial charge on any atom is -0.343 e. The van der Waals surface area contributed by atoms with Crippen molar-refractivity contribution in [3.8, 4) is 11.1 Å². The molecule has 3 aromatic rings. The fourth-order valence-corrected chi connectivity index (χ4v) is 3.98. The molecule has 0 radical (unpaired) electrons. The van der Waals surface area contributed by atoms with Crippen molar-refractivity contribution in [2.24, 2.45) is 5.92 Å². The number of nitrogens with one attached hydrogen (secondary N) is 1. The standard InChI is InChI=1S/C25H30N2O2/c1-5-13-27(6-2)25(29)18(4)14-19-11-12-21-22(15-19)24(28)26-16-23(21)20-10-8-7-9-17(20)3/h7-12,15-16,18H,5-6,13-14H2,1-4H3,(H,26,28). The number of pyridine rings is 1. The Bertz CT molecular complexity index is 1070. The number of aromatic nitrogens is 1. The van der Waals surface area contributed by atoms with Crippen LogP contribution < -0.4 is 5.56 Å². The molecule has 0 saturated carbocycles. The van der Waals surface area contributed by atoms with Crippen LogP contribution in [0.1, 0.15) is 38.3 Å². The number of aryl methyl sites for hydroxylation is 1. The lowest BCUT2D eigenvalue weighted by Gasteiger charge is -2.24. The molecule has 1 N–H and O–H groups in total. The van der Waals surface area contributed by atoms with Gasteiger partial charge in [0, 0.05) is 36.2 Å². The quantitative estimate of drug-likeness (QED) is 0.621. The molecule has 0 aliphatic heterocycles. The van der Waals surface area contributed by atoms with Gasteiger partial charge in [-0.15, -0.1) is 0 Å². The molecular formula is C25H30N2O2. The summed E-state index contributed by atoms with van der Waals surface area (Å²) in [6.07, 6.45) is 3.38. The first kappa shape index (κ1) is 20.8. The maximum absolute atomic E-state index is 12.7. The number of benzene rings is 2. The lowest BCUT2D eigenvalue weighted by atomic mass is 9.94. The lowest BCUT2D eigenvalue weighted by molar-refractivity contribution is -0.134. The third-order valence-corrected chi connectivity index (χ3v) is 5.55. The van der Waals surface area contributed by atoms with Crippen molar-refractivity contribution >= 4 is 16.7 Å². The van der Waals surface area contributed by atoms with Crippen LogP contribution in [0.25, 0.3) is 21.9 Å². The number of nitrogens with zero attached hydrogens (tertiary/aromatic N) is 1. The zero-order chi connectivity index (χ0) is 21.0. The minimum absolute atomic E-state index is 0.0978. The zero-order valence-electron chi connectivity index (χ0n) is 17.8. The van der Waals surface area contributed by atoms with Gasteiger partial charge in [-0.1, -0.05) is 50.2 Å². The first-order chi connectivity index (χ1) is 14.0. The molecule has 2 aromatic carbocycles. The smallest absolute Gasteiger partial charge is 0.255 e. The second-order valence-electron chi connectivity index (χ2n) is 7.75. The van der Waals surface area contributed by atoms with E-state index in [1.54, 1.807) is 6.20 Å². The Kier molecular flexibility index (Phi) is 6.53. The predicted molar refractivity (Wildman–Crippen MR) is 120 cm³/mol. The molecule has 0 aliphatic rings. The Morgan fingerprint density at radius 1 is 1.07 bits per heavy atom. The number of amides is 1. The van der Waals surface area contributed by atoms with E-state index in [0.717, 1.165) is 41.6 Å². The molecule has 1 heterocycles. The van der Waals surface area contributed by atoms with E-state index in [-0.39, 0.29) is 17.4 Å².